The minimum absolute atomic E-state index is 0.00550. The van der Waals surface area contributed by atoms with Gasteiger partial charge in [0.2, 0.25) is 0 Å². The van der Waals surface area contributed by atoms with Crippen LogP contribution in [0.2, 0.25) is 0 Å². The average molecular weight is 591 g/mol. The van der Waals surface area contributed by atoms with E-state index in [0.717, 1.165) is 28.8 Å². The SMILES string of the molecule is O=C(O)Cc1ccc(CC(=O)C2(NC(=O)c3ccc4c(C5CCCCC5)c5n(c4c3)CCOc3ccccc3-5)CCC2)cc1. The Morgan fingerprint density at radius 3 is 2.32 bits per heavy atom. The van der Waals surface area contributed by atoms with Crippen molar-refractivity contribution in [2.24, 2.45) is 0 Å². The molecule has 3 aromatic carbocycles. The predicted molar refractivity (Wildman–Crippen MR) is 169 cm³/mol. The largest absolute Gasteiger partial charge is 0.491 e. The molecule has 7 nitrogen and oxygen atoms in total. The Morgan fingerprint density at radius 2 is 1.61 bits per heavy atom. The van der Waals surface area contributed by atoms with Crippen molar-refractivity contribution in [3.63, 3.8) is 0 Å². The first-order valence-electron chi connectivity index (χ1n) is 16.0. The van der Waals surface area contributed by atoms with Crippen LogP contribution < -0.4 is 10.1 Å². The Labute approximate surface area is 257 Å². The van der Waals surface area contributed by atoms with Gasteiger partial charge in [-0.25, -0.2) is 0 Å². The number of hydrogen-bond donors (Lipinski definition) is 2. The third-order valence-corrected chi connectivity index (χ3v) is 9.93. The van der Waals surface area contributed by atoms with Gasteiger partial charge in [0.05, 0.1) is 24.2 Å². The van der Waals surface area contributed by atoms with Gasteiger partial charge in [-0.15, -0.1) is 0 Å². The van der Waals surface area contributed by atoms with E-state index in [4.69, 9.17) is 9.84 Å². The summed E-state index contributed by atoms with van der Waals surface area (Å²) >= 11 is 0. The second-order valence-corrected chi connectivity index (χ2v) is 12.7. The monoisotopic (exact) mass is 590 g/mol. The molecule has 4 aromatic rings. The highest BCUT2D eigenvalue weighted by atomic mass is 16.5. The molecule has 7 heteroatoms. The molecule has 0 radical (unpaired) electrons. The number of carboxylic acids is 1. The van der Waals surface area contributed by atoms with Gasteiger partial charge in [-0.2, -0.15) is 0 Å². The summed E-state index contributed by atoms with van der Waals surface area (Å²) < 4.78 is 8.53. The maximum Gasteiger partial charge on any atom is 0.307 e. The summed E-state index contributed by atoms with van der Waals surface area (Å²) in [6, 6.07) is 21.5. The number of para-hydroxylation sites is 1. The summed E-state index contributed by atoms with van der Waals surface area (Å²) in [6.45, 7) is 1.26. The standard InChI is InChI=1S/C37H38N2O5/c40-32(21-24-11-13-25(14-12-24)22-33(41)42)37(17-6-18-37)38-36(43)27-15-16-28-30(23-27)39-19-20-44-31-10-5-4-9-29(31)35(39)34(28)26-7-2-1-3-8-26/h4-5,9-16,23,26H,1-3,6-8,17-22H2,(H,38,43)(H,41,42). The minimum atomic E-state index is -0.886. The van der Waals surface area contributed by atoms with Crippen LogP contribution in [-0.4, -0.2) is 39.5 Å². The Bertz CT molecular complexity index is 1740. The third-order valence-electron chi connectivity index (χ3n) is 9.93. The molecule has 44 heavy (non-hydrogen) atoms. The summed E-state index contributed by atoms with van der Waals surface area (Å²) in [4.78, 5) is 38.4. The van der Waals surface area contributed by atoms with Gasteiger partial charge < -0.3 is 19.7 Å². The van der Waals surface area contributed by atoms with Crippen LogP contribution in [0.25, 0.3) is 22.2 Å². The molecular formula is C37H38N2O5. The quantitative estimate of drug-likeness (QED) is 0.234. The molecule has 1 aliphatic heterocycles. The Morgan fingerprint density at radius 1 is 0.886 bits per heavy atom. The third kappa shape index (κ3) is 5.18. The van der Waals surface area contributed by atoms with Crippen molar-refractivity contribution in [1.82, 2.24) is 9.88 Å². The van der Waals surface area contributed by atoms with E-state index in [1.807, 2.05) is 36.4 Å². The number of hydrogen-bond acceptors (Lipinski definition) is 4. The van der Waals surface area contributed by atoms with Gasteiger partial charge in [-0.1, -0.05) is 61.7 Å². The van der Waals surface area contributed by atoms with Crippen LogP contribution >= 0.6 is 0 Å². The second-order valence-electron chi connectivity index (χ2n) is 12.7. The van der Waals surface area contributed by atoms with Crippen LogP contribution in [0.3, 0.4) is 0 Å². The van der Waals surface area contributed by atoms with Gasteiger partial charge in [0, 0.05) is 28.5 Å². The van der Waals surface area contributed by atoms with E-state index in [0.29, 0.717) is 43.0 Å². The van der Waals surface area contributed by atoms with E-state index in [9.17, 15) is 14.4 Å². The fourth-order valence-electron chi connectivity index (χ4n) is 7.48. The molecule has 2 saturated carbocycles. The number of ketones is 1. The molecule has 2 fully saturated rings. The van der Waals surface area contributed by atoms with Crippen LogP contribution in [-0.2, 0) is 29.0 Å². The number of rotatable bonds is 8. The molecular weight excluding hydrogens is 552 g/mol. The van der Waals surface area contributed by atoms with Gasteiger partial charge in [0.15, 0.2) is 5.78 Å². The molecule has 0 unspecified atom stereocenters. The van der Waals surface area contributed by atoms with E-state index in [-0.39, 0.29) is 24.5 Å². The number of nitrogens with one attached hydrogen (secondary N) is 1. The lowest BCUT2D eigenvalue weighted by Crippen LogP contribution is -2.59. The molecule has 1 amide bonds. The summed E-state index contributed by atoms with van der Waals surface area (Å²) in [5, 5.41) is 13.4. The number of carboxylic acid groups (broad SMARTS) is 1. The zero-order chi connectivity index (χ0) is 30.3. The van der Waals surface area contributed by atoms with Crippen LogP contribution in [0.1, 0.15) is 84.3 Å². The van der Waals surface area contributed by atoms with E-state index in [1.165, 1.54) is 48.7 Å². The molecule has 2 aliphatic carbocycles. The van der Waals surface area contributed by atoms with Crippen LogP contribution in [0.5, 0.6) is 5.75 Å². The molecule has 2 heterocycles. The Hall–Kier alpha value is -4.39. The number of nitrogens with zero attached hydrogens (tertiary/aromatic N) is 1. The molecule has 7 rings (SSSR count). The number of carbonyl (C=O) groups is 3. The topological polar surface area (TPSA) is 97.6 Å². The fourth-order valence-corrected chi connectivity index (χ4v) is 7.48. The van der Waals surface area contributed by atoms with Crippen molar-refractivity contribution >= 4 is 28.6 Å². The van der Waals surface area contributed by atoms with Gasteiger partial charge in [-0.05, 0) is 79.0 Å². The molecule has 1 aromatic heterocycles. The normalized spacial score (nSPS) is 17.5. The lowest BCUT2D eigenvalue weighted by Gasteiger charge is -2.41. The first-order chi connectivity index (χ1) is 21.4. The maximum atomic E-state index is 13.8. The van der Waals surface area contributed by atoms with E-state index < -0.39 is 11.5 Å². The van der Waals surface area contributed by atoms with Crippen molar-refractivity contribution in [2.75, 3.05) is 6.61 Å². The summed E-state index contributed by atoms with van der Waals surface area (Å²) in [5.41, 5.74) is 5.96. The highest BCUT2D eigenvalue weighted by molar-refractivity contribution is 6.04. The molecule has 0 atom stereocenters. The molecule has 2 N–H and O–H groups in total. The number of aromatic nitrogens is 1. The minimum Gasteiger partial charge on any atom is -0.491 e. The summed E-state index contributed by atoms with van der Waals surface area (Å²) in [5.74, 6) is 0.266. The molecule has 0 bridgehead atoms. The van der Waals surface area contributed by atoms with Crippen molar-refractivity contribution in [3.05, 3.63) is 89.0 Å². The Kier molecular flexibility index (Phi) is 7.48. The lowest BCUT2D eigenvalue weighted by molar-refractivity contribution is -0.136. The molecule has 0 saturated heterocycles. The predicted octanol–water partition coefficient (Wildman–Crippen LogP) is 6.84. The van der Waals surface area contributed by atoms with Crippen LogP contribution in [0.15, 0.2) is 66.7 Å². The molecule has 0 spiro atoms. The van der Waals surface area contributed by atoms with Crippen LogP contribution in [0.4, 0.5) is 0 Å². The van der Waals surface area contributed by atoms with Gasteiger partial charge in [0.1, 0.15) is 12.4 Å². The number of benzene rings is 3. The highest BCUT2D eigenvalue weighted by Gasteiger charge is 2.45. The zero-order valence-electron chi connectivity index (χ0n) is 24.9. The van der Waals surface area contributed by atoms with Crippen LogP contribution in [0, 0.1) is 0 Å². The van der Waals surface area contributed by atoms with E-state index >= 15 is 0 Å². The molecule has 3 aliphatic rings. The number of aliphatic carboxylic acids is 1. The van der Waals surface area contributed by atoms with Gasteiger partial charge >= 0.3 is 5.97 Å². The second kappa shape index (κ2) is 11.6. The zero-order valence-corrected chi connectivity index (χ0v) is 24.9. The average Bonchev–Trinajstić information content (AvgIpc) is 3.21. The fraction of sp³-hybridized carbons (Fsp3) is 0.378. The number of Topliss-reactive ketones (excluding diaryl/α,β-unsaturated/α-hetero) is 1. The number of fused-ring (bicyclic) bond motifs is 5. The lowest BCUT2D eigenvalue weighted by atomic mass is 9.72. The number of carbonyl (C=O) groups excluding carboxylic acids is 2. The summed E-state index contributed by atoms with van der Waals surface area (Å²) in [6.07, 6.45) is 8.37. The first-order valence-corrected chi connectivity index (χ1v) is 16.0. The van der Waals surface area contributed by atoms with Gasteiger partial charge in [0.25, 0.3) is 5.91 Å². The first kappa shape index (κ1) is 28.4. The van der Waals surface area contributed by atoms with Gasteiger partial charge in [-0.3, -0.25) is 14.4 Å². The highest BCUT2D eigenvalue weighted by Crippen LogP contribution is 2.47. The summed E-state index contributed by atoms with van der Waals surface area (Å²) in [7, 11) is 0. The van der Waals surface area contributed by atoms with E-state index in [1.54, 1.807) is 12.1 Å². The van der Waals surface area contributed by atoms with Crippen molar-refractivity contribution in [2.45, 2.75) is 82.2 Å². The van der Waals surface area contributed by atoms with Crippen molar-refractivity contribution in [1.29, 1.82) is 0 Å². The number of amides is 1. The van der Waals surface area contributed by atoms with Crippen molar-refractivity contribution in [3.8, 4) is 17.0 Å². The smallest absolute Gasteiger partial charge is 0.307 e. The van der Waals surface area contributed by atoms with E-state index in [2.05, 4.69) is 28.1 Å². The Balaban J connectivity index is 1.19. The maximum absolute atomic E-state index is 13.8. The molecule has 226 valence electrons. The van der Waals surface area contributed by atoms with Crippen molar-refractivity contribution < 1.29 is 24.2 Å². The number of ether oxygens (including phenoxy) is 1.